The van der Waals surface area contributed by atoms with Crippen LogP contribution >= 0.6 is 43.6 Å². The van der Waals surface area contributed by atoms with Gasteiger partial charge in [-0.15, -0.1) is 11.8 Å². The van der Waals surface area contributed by atoms with Crippen LogP contribution in [0.3, 0.4) is 0 Å². The molecule has 0 aromatic heterocycles. The monoisotopic (exact) mass is 294 g/mol. The van der Waals surface area contributed by atoms with Crippen LogP contribution in [0.1, 0.15) is 5.56 Å². The van der Waals surface area contributed by atoms with Crippen LogP contribution in [0.25, 0.3) is 0 Å². The first-order valence-electron chi connectivity index (χ1n) is 3.15. The maximum absolute atomic E-state index is 3.50. The number of thioether (sulfide) groups is 1. The van der Waals surface area contributed by atoms with Crippen LogP contribution in [0.4, 0.5) is 0 Å². The van der Waals surface area contributed by atoms with E-state index in [0.29, 0.717) is 0 Å². The Morgan fingerprint density at radius 1 is 1.18 bits per heavy atom. The summed E-state index contributed by atoms with van der Waals surface area (Å²) in [5.41, 5.74) is 1.26. The van der Waals surface area contributed by atoms with Crippen molar-refractivity contribution in [2.24, 2.45) is 0 Å². The molecule has 1 aromatic rings. The van der Waals surface area contributed by atoms with E-state index in [1.807, 2.05) is 0 Å². The van der Waals surface area contributed by atoms with Gasteiger partial charge in [0, 0.05) is 13.8 Å². The highest BCUT2D eigenvalue weighted by atomic mass is 79.9. The minimum absolute atomic E-state index is 1.17. The number of benzene rings is 1. The predicted octanol–water partition coefficient (Wildman–Crippen LogP) is 4.24. The Bertz CT molecular complexity index is 271. The highest BCUT2D eigenvalue weighted by molar-refractivity contribution is 9.11. The van der Waals surface area contributed by atoms with E-state index in [1.54, 1.807) is 11.8 Å². The van der Waals surface area contributed by atoms with Crippen molar-refractivity contribution in [2.75, 3.05) is 6.26 Å². The van der Waals surface area contributed by atoms with Crippen LogP contribution in [0.2, 0.25) is 0 Å². The molecule has 0 fully saturated rings. The molecule has 0 spiro atoms. The quantitative estimate of drug-likeness (QED) is 0.698. The van der Waals surface area contributed by atoms with Crippen molar-refractivity contribution in [3.63, 3.8) is 0 Å². The average molecular weight is 296 g/mol. The Kier molecular flexibility index (Phi) is 3.47. The molecule has 0 aliphatic heterocycles. The van der Waals surface area contributed by atoms with E-state index in [4.69, 9.17) is 0 Å². The Hall–Kier alpha value is 0.530. The molecule has 3 heteroatoms. The molecule has 0 radical (unpaired) electrons. The van der Waals surface area contributed by atoms with Crippen molar-refractivity contribution < 1.29 is 0 Å². The van der Waals surface area contributed by atoms with E-state index in [1.165, 1.54) is 19.4 Å². The minimum Gasteiger partial charge on any atom is -0.128 e. The molecule has 0 aliphatic carbocycles. The van der Waals surface area contributed by atoms with Crippen molar-refractivity contribution in [3.8, 4) is 0 Å². The van der Waals surface area contributed by atoms with Gasteiger partial charge >= 0.3 is 0 Å². The molecule has 0 saturated heterocycles. The van der Waals surface area contributed by atoms with Gasteiger partial charge in [0.2, 0.25) is 0 Å². The second kappa shape index (κ2) is 3.97. The molecule has 11 heavy (non-hydrogen) atoms. The van der Waals surface area contributed by atoms with Crippen LogP contribution in [-0.2, 0) is 0 Å². The zero-order chi connectivity index (χ0) is 8.43. The van der Waals surface area contributed by atoms with Gasteiger partial charge in [-0.3, -0.25) is 0 Å². The second-order valence-corrected chi connectivity index (χ2v) is 4.79. The van der Waals surface area contributed by atoms with Gasteiger partial charge in [0.05, 0.1) is 0 Å². The molecule has 0 amide bonds. The summed E-state index contributed by atoms with van der Waals surface area (Å²) >= 11 is 8.73. The van der Waals surface area contributed by atoms with Crippen LogP contribution in [-0.4, -0.2) is 6.26 Å². The van der Waals surface area contributed by atoms with E-state index < -0.39 is 0 Å². The summed E-state index contributed by atoms with van der Waals surface area (Å²) in [6, 6.07) is 4.25. The van der Waals surface area contributed by atoms with Gasteiger partial charge < -0.3 is 0 Å². The predicted molar refractivity (Wildman–Crippen MR) is 58.4 cm³/mol. The van der Waals surface area contributed by atoms with E-state index >= 15 is 0 Å². The molecule has 0 heterocycles. The molecule has 1 rings (SSSR count). The average Bonchev–Trinajstić information content (AvgIpc) is 1.97. The third-order valence-corrected chi connectivity index (χ3v) is 3.98. The smallest absolute Gasteiger partial charge is 0.0314 e. The Balaban J connectivity index is 3.21. The summed E-state index contributed by atoms with van der Waals surface area (Å²) < 4.78 is 2.34. The molecular formula is C8H8Br2S. The minimum atomic E-state index is 1.17. The van der Waals surface area contributed by atoms with Crippen LogP contribution in [0.5, 0.6) is 0 Å². The number of hydrogen-bond donors (Lipinski definition) is 0. The lowest BCUT2D eigenvalue weighted by Crippen LogP contribution is -1.79. The van der Waals surface area contributed by atoms with Crippen LogP contribution < -0.4 is 0 Å². The number of aryl methyl sites for hydroxylation is 1. The first-order valence-corrected chi connectivity index (χ1v) is 5.96. The fraction of sp³-hybridized carbons (Fsp3) is 0.250. The Morgan fingerprint density at radius 3 is 2.36 bits per heavy atom. The molecule has 60 valence electrons. The van der Waals surface area contributed by atoms with E-state index in [-0.39, 0.29) is 0 Å². The lowest BCUT2D eigenvalue weighted by Gasteiger charge is -2.03. The normalized spacial score (nSPS) is 10.2. The lowest BCUT2D eigenvalue weighted by atomic mass is 10.2. The van der Waals surface area contributed by atoms with Gasteiger partial charge in [-0.05, 0) is 46.8 Å². The number of hydrogen-bond acceptors (Lipinski definition) is 1. The van der Waals surface area contributed by atoms with E-state index in [0.717, 1.165) is 0 Å². The molecule has 0 nitrogen and oxygen atoms in total. The molecular weight excluding hydrogens is 288 g/mol. The van der Waals surface area contributed by atoms with E-state index in [2.05, 4.69) is 57.2 Å². The maximum atomic E-state index is 3.50. The number of halogens is 2. The molecule has 0 N–H and O–H groups in total. The Labute approximate surface area is 88.0 Å². The highest BCUT2D eigenvalue weighted by Crippen LogP contribution is 2.30. The third-order valence-electron chi connectivity index (χ3n) is 1.43. The summed E-state index contributed by atoms with van der Waals surface area (Å²) in [6.45, 7) is 2.08. The molecule has 0 bridgehead atoms. The first kappa shape index (κ1) is 9.62. The maximum Gasteiger partial charge on any atom is 0.0314 e. The summed E-state index contributed by atoms with van der Waals surface area (Å²) in [4.78, 5) is 1.27. The fourth-order valence-corrected chi connectivity index (χ4v) is 2.71. The summed E-state index contributed by atoms with van der Waals surface area (Å²) in [5.74, 6) is 0. The van der Waals surface area contributed by atoms with E-state index in [9.17, 15) is 0 Å². The van der Waals surface area contributed by atoms with Gasteiger partial charge in [0.1, 0.15) is 0 Å². The molecule has 1 aromatic carbocycles. The van der Waals surface area contributed by atoms with Gasteiger partial charge in [-0.25, -0.2) is 0 Å². The lowest BCUT2D eigenvalue weighted by molar-refractivity contribution is 1.31. The van der Waals surface area contributed by atoms with Crippen molar-refractivity contribution in [3.05, 3.63) is 26.6 Å². The van der Waals surface area contributed by atoms with Crippen molar-refractivity contribution in [1.82, 2.24) is 0 Å². The van der Waals surface area contributed by atoms with Gasteiger partial charge in [-0.1, -0.05) is 15.9 Å². The molecule has 0 unspecified atom stereocenters. The van der Waals surface area contributed by atoms with Crippen molar-refractivity contribution in [2.45, 2.75) is 11.8 Å². The van der Waals surface area contributed by atoms with Crippen LogP contribution in [0.15, 0.2) is 26.0 Å². The molecule has 0 atom stereocenters. The molecule has 0 saturated carbocycles. The van der Waals surface area contributed by atoms with Crippen LogP contribution in [0, 0.1) is 6.92 Å². The summed E-state index contributed by atoms with van der Waals surface area (Å²) in [5, 5.41) is 0. The Morgan fingerprint density at radius 2 is 1.82 bits per heavy atom. The van der Waals surface area contributed by atoms with Gasteiger partial charge in [-0.2, -0.15) is 0 Å². The first-order chi connectivity index (χ1) is 5.15. The second-order valence-electron chi connectivity index (χ2n) is 2.24. The SMILES string of the molecule is CSc1cc(Br)c(C)cc1Br. The third kappa shape index (κ3) is 2.23. The van der Waals surface area contributed by atoms with Gasteiger partial charge in [0.15, 0.2) is 0 Å². The zero-order valence-electron chi connectivity index (χ0n) is 6.32. The summed E-state index contributed by atoms with van der Waals surface area (Å²) in [6.07, 6.45) is 2.07. The standard InChI is InChI=1S/C8H8Br2S/c1-5-3-7(10)8(11-2)4-6(5)9/h3-4H,1-2H3. The molecule has 0 aliphatic rings. The largest absolute Gasteiger partial charge is 0.128 e. The van der Waals surface area contributed by atoms with Gasteiger partial charge in [0.25, 0.3) is 0 Å². The summed E-state index contributed by atoms with van der Waals surface area (Å²) in [7, 11) is 0. The van der Waals surface area contributed by atoms with Crippen molar-refractivity contribution >= 4 is 43.6 Å². The zero-order valence-corrected chi connectivity index (χ0v) is 10.3. The topological polar surface area (TPSA) is 0 Å². The fourth-order valence-electron chi connectivity index (χ4n) is 0.784. The number of rotatable bonds is 1. The highest BCUT2D eigenvalue weighted by Gasteiger charge is 2.01. The van der Waals surface area contributed by atoms with Crippen molar-refractivity contribution in [1.29, 1.82) is 0 Å².